The molecule has 4 rings (SSSR count). The third kappa shape index (κ3) is 4.17. The molecule has 1 aromatic heterocycles. The van der Waals surface area contributed by atoms with E-state index in [2.05, 4.69) is 9.97 Å². The fourth-order valence-corrected chi connectivity index (χ4v) is 4.35. The minimum Gasteiger partial charge on any atom is -0.441 e. The molecule has 1 amide bonds. The van der Waals surface area contributed by atoms with Crippen molar-refractivity contribution in [1.29, 1.82) is 0 Å². The summed E-state index contributed by atoms with van der Waals surface area (Å²) in [5.41, 5.74) is 0.597. The molecule has 158 valence electrons. The van der Waals surface area contributed by atoms with E-state index in [9.17, 15) is 18.4 Å². The van der Waals surface area contributed by atoms with Gasteiger partial charge < -0.3 is 9.64 Å². The minimum atomic E-state index is -0.686. The summed E-state index contributed by atoms with van der Waals surface area (Å²) < 4.78 is 32.2. The highest BCUT2D eigenvalue weighted by Crippen LogP contribution is 2.38. The summed E-state index contributed by atoms with van der Waals surface area (Å²) in [6, 6.07) is 3.15. The quantitative estimate of drug-likeness (QED) is 0.740. The number of fused-ring (bicyclic) bond motifs is 1. The number of hydrogen-bond acceptors (Lipinski definition) is 5. The minimum absolute atomic E-state index is 0.0118. The van der Waals surface area contributed by atoms with Crippen molar-refractivity contribution in [2.24, 2.45) is 5.92 Å². The molecule has 30 heavy (non-hydrogen) atoms. The van der Waals surface area contributed by atoms with E-state index in [1.807, 2.05) is 13.8 Å². The van der Waals surface area contributed by atoms with Gasteiger partial charge in [-0.2, -0.15) is 0 Å². The van der Waals surface area contributed by atoms with Gasteiger partial charge in [0, 0.05) is 30.8 Å². The van der Waals surface area contributed by atoms with Crippen LogP contribution in [0, 0.1) is 17.6 Å². The Kier molecular flexibility index (Phi) is 5.26. The number of carbonyl (C=O) groups is 2. The van der Waals surface area contributed by atoms with Gasteiger partial charge in [-0.3, -0.25) is 14.8 Å². The average molecular weight is 415 g/mol. The summed E-state index contributed by atoms with van der Waals surface area (Å²) in [5.74, 6) is -1.13. The number of rotatable bonds is 5. The van der Waals surface area contributed by atoms with Gasteiger partial charge in [-0.25, -0.2) is 13.6 Å². The predicted molar refractivity (Wildman–Crippen MR) is 104 cm³/mol. The predicted octanol–water partition coefficient (Wildman–Crippen LogP) is 3.93. The number of benzene rings is 1. The summed E-state index contributed by atoms with van der Waals surface area (Å²) in [6.45, 7) is 4.41. The van der Waals surface area contributed by atoms with Crippen LogP contribution in [-0.2, 0) is 16.0 Å². The zero-order chi connectivity index (χ0) is 21.5. The molecule has 0 bridgehead atoms. The maximum Gasteiger partial charge on any atom is 0.410 e. The first-order valence-corrected chi connectivity index (χ1v) is 10.00. The van der Waals surface area contributed by atoms with Crippen molar-refractivity contribution in [3.8, 4) is 11.3 Å². The van der Waals surface area contributed by atoms with Gasteiger partial charge in [-0.1, -0.05) is 0 Å². The van der Waals surface area contributed by atoms with Gasteiger partial charge in [0.15, 0.2) is 0 Å². The lowest BCUT2D eigenvalue weighted by Gasteiger charge is -2.36. The first-order chi connectivity index (χ1) is 14.2. The molecule has 1 aromatic carbocycles. The smallest absolute Gasteiger partial charge is 0.410 e. The molecule has 0 radical (unpaired) electrons. The maximum atomic E-state index is 13.4. The third-order valence-electron chi connectivity index (χ3n) is 5.86. The van der Waals surface area contributed by atoms with Crippen LogP contribution in [0.1, 0.15) is 38.8 Å². The van der Waals surface area contributed by atoms with E-state index >= 15 is 0 Å². The Morgan fingerprint density at radius 1 is 1.20 bits per heavy atom. The molecule has 2 atom stereocenters. The van der Waals surface area contributed by atoms with Gasteiger partial charge in [0.05, 0.1) is 30.0 Å². The van der Waals surface area contributed by atoms with Crippen LogP contribution in [0.3, 0.4) is 0 Å². The molecule has 2 aliphatic heterocycles. The number of nitrogens with zero attached hydrogens (tertiary/aromatic N) is 3. The van der Waals surface area contributed by atoms with Crippen LogP contribution in [0.2, 0.25) is 0 Å². The highest BCUT2D eigenvalue weighted by atomic mass is 19.1. The molecule has 2 aromatic rings. The highest BCUT2D eigenvalue weighted by molar-refractivity contribution is 5.80. The lowest BCUT2D eigenvalue weighted by Crippen LogP contribution is -2.47. The monoisotopic (exact) mass is 415 g/mol. The van der Waals surface area contributed by atoms with E-state index < -0.39 is 17.2 Å². The number of Topliss-reactive ketones (excluding diaryl/α,β-unsaturated/α-hetero) is 1. The second kappa shape index (κ2) is 7.74. The Bertz CT molecular complexity index is 958. The molecule has 6 nitrogen and oxygen atoms in total. The molecule has 0 aliphatic carbocycles. The fraction of sp³-hybridized carbons (Fsp3) is 0.455. The van der Waals surface area contributed by atoms with Crippen molar-refractivity contribution in [1.82, 2.24) is 14.9 Å². The van der Waals surface area contributed by atoms with E-state index in [0.29, 0.717) is 29.9 Å². The zero-order valence-electron chi connectivity index (χ0n) is 16.9. The second-order valence-corrected chi connectivity index (χ2v) is 8.54. The van der Waals surface area contributed by atoms with Crippen LogP contribution in [0.4, 0.5) is 13.6 Å². The molecule has 2 fully saturated rings. The number of hydrogen-bond donors (Lipinski definition) is 0. The largest absolute Gasteiger partial charge is 0.441 e. The van der Waals surface area contributed by atoms with Crippen LogP contribution in [0.15, 0.2) is 30.6 Å². The Balaban J connectivity index is 1.36. The molecular weight excluding hydrogens is 392 g/mol. The third-order valence-corrected chi connectivity index (χ3v) is 5.86. The van der Waals surface area contributed by atoms with Crippen LogP contribution >= 0.6 is 0 Å². The number of halogens is 2. The highest BCUT2D eigenvalue weighted by Gasteiger charge is 2.50. The van der Waals surface area contributed by atoms with E-state index in [-0.39, 0.29) is 30.3 Å². The molecule has 0 unspecified atom stereocenters. The number of carbonyl (C=O) groups excluding carboxylic acids is 2. The van der Waals surface area contributed by atoms with E-state index in [4.69, 9.17) is 4.74 Å². The van der Waals surface area contributed by atoms with E-state index in [1.54, 1.807) is 4.90 Å². The Morgan fingerprint density at radius 3 is 2.60 bits per heavy atom. The standard InChI is InChI=1S/C22H23F2N3O3/c1-22(2)20-6-13(3-4-27(20)21(29)30-22)5-18(28)10-17-11-26-19(12-25-17)14-7-15(23)9-16(24)8-14/h7-9,11-13,20H,3-6,10H2,1-2H3/t13-,20-/m0/s1. The topological polar surface area (TPSA) is 72.4 Å². The lowest BCUT2D eigenvalue weighted by atomic mass is 9.81. The number of ether oxygens (including phenoxy) is 1. The van der Waals surface area contributed by atoms with Gasteiger partial charge in [0.1, 0.15) is 23.0 Å². The maximum absolute atomic E-state index is 13.4. The summed E-state index contributed by atoms with van der Waals surface area (Å²) in [7, 11) is 0. The molecule has 8 heteroatoms. The first-order valence-electron chi connectivity index (χ1n) is 10.00. The Hall–Kier alpha value is -2.90. The summed E-state index contributed by atoms with van der Waals surface area (Å²) in [6.07, 6.45) is 4.67. The second-order valence-electron chi connectivity index (χ2n) is 8.54. The van der Waals surface area contributed by atoms with E-state index in [0.717, 1.165) is 18.9 Å². The number of piperidine rings is 1. The Morgan fingerprint density at radius 2 is 1.93 bits per heavy atom. The van der Waals surface area contributed by atoms with Crippen molar-refractivity contribution in [2.45, 2.75) is 51.2 Å². The van der Waals surface area contributed by atoms with Crippen molar-refractivity contribution in [3.63, 3.8) is 0 Å². The SMILES string of the molecule is CC1(C)OC(=O)N2CC[C@@H](CC(=O)Cc3cnc(-c4cc(F)cc(F)c4)cn3)C[C@H]21. The van der Waals surface area contributed by atoms with Crippen molar-refractivity contribution in [3.05, 3.63) is 47.9 Å². The van der Waals surface area contributed by atoms with Crippen molar-refractivity contribution in [2.75, 3.05) is 6.54 Å². The van der Waals surface area contributed by atoms with Crippen LogP contribution < -0.4 is 0 Å². The first kappa shape index (κ1) is 20.4. The number of ketones is 1. The molecule has 2 saturated heterocycles. The molecule has 2 aliphatic rings. The average Bonchev–Trinajstić information content (AvgIpc) is 2.90. The number of aromatic nitrogens is 2. The molecule has 0 saturated carbocycles. The van der Waals surface area contributed by atoms with Gasteiger partial charge in [0.25, 0.3) is 0 Å². The summed E-state index contributed by atoms with van der Waals surface area (Å²) in [4.78, 5) is 34.7. The molecule has 3 heterocycles. The van der Waals surface area contributed by atoms with Crippen molar-refractivity contribution < 1.29 is 23.1 Å². The molecule has 0 N–H and O–H groups in total. The fourth-order valence-electron chi connectivity index (χ4n) is 4.35. The Labute approximate surface area is 173 Å². The zero-order valence-corrected chi connectivity index (χ0v) is 16.9. The number of cyclic esters (lactones) is 1. The summed E-state index contributed by atoms with van der Waals surface area (Å²) in [5, 5.41) is 0. The number of amides is 1. The van der Waals surface area contributed by atoms with Gasteiger partial charge in [-0.05, 0) is 44.7 Å². The van der Waals surface area contributed by atoms with Gasteiger partial charge >= 0.3 is 6.09 Å². The normalized spacial score (nSPS) is 22.5. The molecular formula is C22H23F2N3O3. The van der Waals surface area contributed by atoms with Gasteiger partial charge in [0.2, 0.25) is 0 Å². The van der Waals surface area contributed by atoms with E-state index in [1.165, 1.54) is 24.5 Å². The molecule has 0 spiro atoms. The summed E-state index contributed by atoms with van der Waals surface area (Å²) >= 11 is 0. The van der Waals surface area contributed by atoms with Gasteiger partial charge in [-0.15, -0.1) is 0 Å². The van der Waals surface area contributed by atoms with Crippen LogP contribution in [0.25, 0.3) is 11.3 Å². The lowest BCUT2D eigenvalue weighted by molar-refractivity contribution is -0.119. The van der Waals surface area contributed by atoms with Crippen LogP contribution in [-0.4, -0.2) is 44.9 Å². The van der Waals surface area contributed by atoms with Crippen molar-refractivity contribution >= 4 is 11.9 Å². The van der Waals surface area contributed by atoms with Crippen LogP contribution in [0.5, 0.6) is 0 Å².